The van der Waals surface area contributed by atoms with Crippen LogP contribution in [-0.4, -0.2) is 18.7 Å². The summed E-state index contributed by atoms with van der Waals surface area (Å²) in [7, 11) is 0. The van der Waals surface area contributed by atoms with E-state index in [0.717, 1.165) is 55.6 Å². The van der Waals surface area contributed by atoms with Crippen LogP contribution >= 0.6 is 0 Å². The van der Waals surface area contributed by atoms with Gasteiger partial charge in [-0.2, -0.15) is 0 Å². The fraction of sp³-hybridized carbons (Fsp3) is 0.571. The van der Waals surface area contributed by atoms with Gasteiger partial charge in [-0.3, -0.25) is 4.79 Å². The van der Waals surface area contributed by atoms with Crippen LogP contribution in [0.2, 0.25) is 0 Å². The van der Waals surface area contributed by atoms with Crippen LogP contribution in [0.4, 0.5) is 5.69 Å². The predicted octanol–water partition coefficient (Wildman–Crippen LogP) is 2.62. The minimum absolute atomic E-state index is 0.0829. The van der Waals surface area contributed by atoms with Gasteiger partial charge in [-0.25, -0.2) is 0 Å². The fourth-order valence-corrected chi connectivity index (χ4v) is 2.79. The van der Waals surface area contributed by atoms with Crippen LogP contribution in [0.5, 0.6) is 0 Å². The summed E-state index contributed by atoms with van der Waals surface area (Å²) in [5.74, 6) is 1.64. The highest BCUT2D eigenvalue weighted by atomic mass is 16.3. The highest BCUT2D eigenvalue weighted by Gasteiger charge is 2.28. The highest BCUT2D eigenvalue weighted by Crippen LogP contribution is 2.32. The van der Waals surface area contributed by atoms with Crippen LogP contribution in [0.15, 0.2) is 10.5 Å². The molecular formula is C14H19NO3. The first kappa shape index (κ1) is 12.9. The molecule has 1 aliphatic rings. The Balaban J connectivity index is 2.20. The lowest BCUT2D eigenvalue weighted by atomic mass is 9.86. The maximum absolute atomic E-state index is 11.4. The lowest BCUT2D eigenvalue weighted by Crippen LogP contribution is -2.38. The Hall–Kier alpha value is -1.58. The van der Waals surface area contributed by atoms with Crippen molar-refractivity contribution >= 4 is 18.4 Å². The van der Waals surface area contributed by atoms with Crippen molar-refractivity contribution in [1.29, 1.82) is 0 Å². The smallest absolute Gasteiger partial charge is 0.214 e. The van der Waals surface area contributed by atoms with Crippen LogP contribution in [0.25, 0.3) is 0 Å². The molecule has 98 valence electrons. The number of furan rings is 1. The number of hydrogen-bond donors (Lipinski definition) is 0. The molecule has 1 aliphatic carbocycles. The fourth-order valence-electron chi connectivity index (χ4n) is 2.79. The van der Waals surface area contributed by atoms with Gasteiger partial charge in [0.2, 0.25) is 6.41 Å². The number of anilines is 1. The molecule has 1 amide bonds. The molecule has 4 heteroatoms. The van der Waals surface area contributed by atoms with E-state index in [1.807, 2.05) is 19.9 Å². The van der Waals surface area contributed by atoms with Gasteiger partial charge in [0.25, 0.3) is 0 Å². The summed E-state index contributed by atoms with van der Waals surface area (Å²) in [4.78, 5) is 24.0. The van der Waals surface area contributed by atoms with Gasteiger partial charge >= 0.3 is 0 Å². The SMILES string of the molecule is Cc1cc(N(C=O)C2CCCC(C=O)C2)c(C)o1. The van der Waals surface area contributed by atoms with Crippen LogP contribution in [0.3, 0.4) is 0 Å². The first-order valence-corrected chi connectivity index (χ1v) is 6.41. The van der Waals surface area contributed by atoms with Crippen molar-refractivity contribution in [3.8, 4) is 0 Å². The first-order valence-electron chi connectivity index (χ1n) is 6.41. The Morgan fingerprint density at radius 3 is 2.67 bits per heavy atom. The Bertz CT molecular complexity index is 438. The van der Waals surface area contributed by atoms with Crippen LogP contribution in [0, 0.1) is 19.8 Å². The molecule has 0 aromatic carbocycles. The molecule has 0 saturated heterocycles. The topological polar surface area (TPSA) is 50.5 Å². The third kappa shape index (κ3) is 2.47. The molecule has 1 heterocycles. The Morgan fingerprint density at radius 2 is 2.11 bits per heavy atom. The number of amides is 1. The highest BCUT2D eigenvalue weighted by molar-refractivity contribution is 5.77. The summed E-state index contributed by atoms with van der Waals surface area (Å²) in [6.45, 7) is 3.73. The number of hydrogen-bond acceptors (Lipinski definition) is 3. The third-order valence-corrected chi connectivity index (χ3v) is 3.68. The van der Waals surface area contributed by atoms with E-state index in [-0.39, 0.29) is 12.0 Å². The quantitative estimate of drug-likeness (QED) is 0.771. The molecule has 2 rings (SSSR count). The second-order valence-electron chi connectivity index (χ2n) is 5.03. The van der Waals surface area contributed by atoms with Gasteiger partial charge in [-0.15, -0.1) is 0 Å². The van der Waals surface area contributed by atoms with Gasteiger partial charge in [0.15, 0.2) is 0 Å². The zero-order valence-corrected chi connectivity index (χ0v) is 10.9. The van der Waals surface area contributed by atoms with E-state index >= 15 is 0 Å². The van der Waals surface area contributed by atoms with Gasteiger partial charge in [-0.1, -0.05) is 6.42 Å². The van der Waals surface area contributed by atoms with Crippen molar-refractivity contribution in [3.05, 3.63) is 17.6 Å². The van der Waals surface area contributed by atoms with E-state index in [1.54, 1.807) is 4.90 Å². The third-order valence-electron chi connectivity index (χ3n) is 3.68. The largest absolute Gasteiger partial charge is 0.464 e. The lowest BCUT2D eigenvalue weighted by Gasteiger charge is -2.33. The summed E-state index contributed by atoms with van der Waals surface area (Å²) >= 11 is 0. The number of aldehydes is 1. The molecule has 1 aromatic rings. The summed E-state index contributed by atoms with van der Waals surface area (Å²) in [5, 5.41) is 0. The molecule has 18 heavy (non-hydrogen) atoms. The van der Waals surface area contributed by atoms with E-state index in [1.165, 1.54) is 0 Å². The molecule has 1 saturated carbocycles. The minimum atomic E-state index is 0.0829. The second kappa shape index (κ2) is 5.38. The molecule has 0 bridgehead atoms. The van der Waals surface area contributed by atoms with E-state index in [9.17, 15) is 9.59 Å². The Kier molecular flexibility index (Phi) is 3.84. The van der Waals surface area contributed by atoms with E-state index in [4.69, 9.17) is 4.42 Å². The van der Waals surface area contributed by atoms with Gasteiger partial charge in [0.05, 0.1) is 5.69 Å². The standard InChI is InChI=1S/C14H19NO3/c1-10-6-14(11(2)18-10)15(9-17)13-5-3-4-12(7-13)8-16/h6,8-9,12-13H,3-5,7H2,1-2H3. The monoisotopic (exact) mass is 249 g/mol. The minimum Gasteiger partial charge on any atom is -0.464 e. The van der Waals surface area contributed by atoms with Crippen molar-refractivity contribution in [2.45, 2.75) is 45.6 Å². The first-order chi connectivity index (χ1) is 8.65. The molecule has 2 atom stereocenters. The van der Waals surface area contributed by atoms with Crippen molar-refractivity contribution < 1.29 is 14.0 Å². The number of carbonyl (C=O) groups is 2. The zero-order chi connectivity index (χ0) is 13.1. The van der Waals surface area contributed by atoms with Crippen LogP contribution in [0.1, 0.15) is 37.2 Å². The maximum Gasteiger partial charge on any atom is 0.214 e. The molecule has 1 fully saturated rings. The van der Waals surface area contributed by atoms with Gasteiger partial charge in [-0.05, 0) is 33.1 Å². The predicted molar refractivity (Wildman–Crippen MR) is 68.5 cm³/mol. The number of carbonyl (C=O) groups excluding carboxylic acids is 2. The summed E-state index contributed by atoms with van der Waals surface area (Å²) < 4.78 is 5.47. The maximum atomic E-state index is 11.4. The molecule has 0 spiro atoms. The molecule has 1 aromatic heterocycles. The normalized spacial score (nSPS) is 23.7. The number of aryl methyl sites for hydroxylation is 2. The van der Waals surface area contributed by atoms with Crippen LogP contribution in [-0.2, 0) is 9.59 Å². The van der Waals surface area contributed by atoms with Gasteiger partial charge in [0, 0.05) is 18.0 Å². The zero-order valence-electron chi connectivity index (χ0n) is 10.9. The number of rotatable bonds is 4. The molecule has 0 radical (unpaired) electrons. The summed E-state index contributed by atoms with van der Waals surface area (Å²) in [5.41, 5.74) is 0.832. The molecule has 0 N–H and O–H groups in total. The summed E-state index contributed by atoms with van der Waals surface area (Å²) in [6, 6.07) is 2.00. The number of nitrogens with zero attached hydrogens (tertiary/aromatic N) is 1. The van der Waals surface area contributed by atoms with Gasteiger partial charge < -0.3 is 14.1 Å². The van der Waals surface area contributed by atoms with E-state index < -0.39 is 0 Å². The van der Waals surface area contributed by atoms with Crippen molar-refractivity contribution in [3.63, 3.8) is 0 Å². The average molecular weight is 249 g/mol. The molecule has 4 nitrogen and oxygen atoms in total. The Morgan fingerprint density at radius 1 is 1.33 bits per heavy atom. The molecule has 2 unspecified atom stereocenters. The summed E-state index contributed by atoms with van der Waals surface area (Å²) in [6.07, 6.45) is 5.51. The van der Waals surface area contributed by atoms with E-state index in [2.05, 4.69) is 0 Å². The van der Waals surface area contributed by atoms with Crippen LogP contribution < -0.4 is 4.90 Å². The molecular weight excluding hydrogens is 230 g/mol. The lowest BCUT2D eigenvalue weighted by molar-refractivity contribution is -0.113. The van der Waals surface area contributed by atoms with Gasteiger partial charge in [0.1, 0.15) is 17.8 Å². The molecule has 0 aliphatic heterocycles. The van der Waals surface area contributed by atoms with Crippen molar-refractivity contribution in [1.82, 2.24) is 0 Å². The van der Waals surface area contributed by atoms with Crippen molar-refractivity contribution in [2.75, 3.05) is 4.90 Å². The second-order valence-corrected chi connectivity index (χ2v) is 5.03. The van der Waals surface area contributed by atoms with E-state index in [0.29, 0.717) is 0 Å². The van der Waals surface area contributed by atoms with Crippen molar-refractivity contribution in [2.24, 2.45) is 5.92 Å². The Labute approximate surface area is 107 Å². The average Bonchev–Trinajstić information content (AvgIpc) is 2.70.